The summed E-state index contributed by atoms with van der Waals surface area (Å²) in [6, 6.07) is 6.59. The molecule has 0 unspecified atom stereocenters. The molecule has 2 rings (SSSR count). The van der Waals surface area contributed by atoms with E-state index < -0.39 is 0 Å². The van der Waals surface area contributed by atoms with Crippen molar-refractivity contribution in [3.63, 3.8) is 0 Å². The Balaban J connectivity index is 2.09. The molecule has 0 saturated heterocycles. The molecular formula is C13H19NO. The fourth-order valence-corrected chi connectivity index (χ4v) is 2.22. The van der Waals surface area contributed by atoms with Crippen LogP contribution in [0.5, 0.6) is 0 Å². The van der Waals surface area contributed by atoms with E-state index in [9.17, 15) is 0 Å². The molecule has 1 aliphatic heterocycles. The number of fused-ring (bicyclic) bond motifs is 1. The monoisotopic (exact) mass is 205 g/mol. The van der Waals surface area contributed by atoms with E-state index >= 15 is 0 Å². The first kappa shape index (κ1) is 10.5. The van der Waals surface area contributed by atoms with Gasteiger partial charge < -0.3 is 10.1 Å². The summed E-state index contributed by atoms with van der Waals surface area (Å²) in [7, 11) is 1.77. The lowest BCUT2D eigenvalue weighted by molar-refractivity contribution is 0.195. The third kappa shape index (κ3) is 2.51. The van der Waals surface area contributed by atoms with Crippen molar-refractivity contribution in [1.29, 1.82) is 0 Å². The standard InChI is InChI=1S/C13H19NO/c1-15-10-4-6-11-5-2-8-13-12(11)7-3-9-14-13/h2,5,8,14H,3-4,6-7,9-10H2,1H3. The van der Waals surface area contributed by atoms with E-state index in [1.165, 1.54) is 29.7 Å². The van der Waals surface area contributed by atoms with Crippen LogP contribution in [0.15, 0.2) is 18.2 Å². The van der Waals surface area contributed by atoms with Gasteiger partial charge in [-0.3, -0.25) is 0 Å². The molecule has 1 heterocycles. The summed E-state index contributed by atoms with van der Waals surface area (Å²) in [5, 5.41) is 3.46. The number of rotatable bonds is 4. The Morgan fingerprint density at radius 1 is 1.40 bits per heavy atom. The summed E-state index contributed by atoms with van der Waals surface area (Å²) < 4.78 is 5.09. The number of methoxy groups -OCH3 is 1. The number of nitrogens with one attached hydrogen (secondary N) is 1. The molecule has 1 aromatic rings. The minimum atomic E-state index is 0.858. The van der Waals surface area contributed by atoms with Gasteiger partial charge in [0.25, 0.3) is 0 Å². The van der Waals surface area contributed by atoms with Gasteiger partial charge in [0.05, 0.1) is 0 Å². The maximum Gasteiger partial charge on any atom is 0.0465 e. The quantitative estimate of drug-likeness (QED) is 0.763. The van der Waals surface area contributed by atoms with Crippen molar-refractivity contribution in [3.8, 4) is 0 Å². The highest BCUT2D eigenvalue weighted by atomic mass is 16.5. The lowest BCUT2D eigenvalue weighted by Gasteiger charge is -2.20. The molecule has 0 fully saturated rings. The molecule has 0 saturated carbocycles. The number of anilines is 1. The number of aryl methyl sites for hydroxylation is 1. The van der Waals surface area contributed by atoms with Crippen molar-refractivity contribution in [3.05, 3.63) is 29.3 Å². The van der Waals surface area contributed by atoms with E-state index in [0.717, 1.165) is 26.0 Å². The minimum Gasteiger partial charge on any atom is -0.385 e. The van der Waals surface area contributed by atoms with Crippen LogP contribution in [-0.2, 0) is 17.6 Å². The number of benzene rings is 1. The first-order valence-corrected chi connectivity index (χ1v) is 5.75. The van der Waals surface area contributed by atoms with Crippen LogP contribution in [0.2, 0.25) is 0 Å². The van der Waals surface area contributed by atoms with Crippen molar-refractivity contribution >= 4 is 5.69 Å². The fourth-order valence-electron chi connectivity index (χ4n) is 2.22. The van der Waals surface area contributed by atoms with Gasteiger partial charge in [-0.2, -0.15) is 0 Å². The first-order chi connectivity index (χ1) is 7.42. The smallest absolute Gasteiger partial charge is 0.0465 e. The zero-order valence-corrected chi connectivity index (χ0v) is 9.38. The SMILES string of the molecule is COCCCc1cccc2c1CCCN2. The van der Waals surface area contributed by atoms with Gasteiger partial charge in [0.15, 0.2) is 0 Å². The van der Waals surface area contributed by atoms with Crippen LogP contribution in [0.4, 0.5) is 5.69 Å². The van der Waals surface area contributed by atoms with Crippen LogP contribution in [-0.4, -0.2) is 20.3 Å². The topological polar surface area (TPSA) is 21.3 Å². The highest BCUT2D eigenvalue weighted by molar-refractivity contribution is 5.56. The van der Waals surface area contributed by atoms with E-state index in [-0.39, 0.29) is 0 Å². The Morgan fingerprint density at radius 2 is 2.33 bits per heavy atom. The van der Waals surface area contributed by atoms with Crippen LogP contribution in [0.3, 0.4) is 0 Å². The summed E-state index contributed by atoms with van der Waals surface area (Å²) in [5.41, 5.74) is 4.37. The highest BCUT2D eigenvalue weighted by Gasteiger charge is 2.11. The molecule has 15 heavy (non-hydrogen) atoms. The van der Waals surface area contributed by atoms with Gasteiger partial charge in [-0.05, 0) is 42.9 Å². The average molecular weight is 205 g/mol. The van der Waals surface area contributed by atoms with Crippen molar-refractivity contribution in [1.82, 2.24) is 0 Å². The van der Waals surface area contributed by atoms with Crippen LogP contribution >= 0.6 is 0 Å². The number of hydrogen-bond acceptors (Lipinski definition) is 2. The van der Waals surface area contributed by atoms with Crippen molar-refractivity contribution in [2.24, 2.45) is 0 Å². The summed E-state index contributed by atoms with van der Waals surface area (Å²) >= 11 is 0. The molecule has 0 spiro atoms. The lowest BCUT2D eigenvalue weighted by Crippen LogP contribution is -2.13. The highest BCUT2D eigenvalue weighted by Crippen LogP contribution is 2.25. The molecule has 82 valence electrons. The van der Waals surface area contributed by atoms with Gasteiger partial charge in [0.2, 0.25) is 0 Å². The molecule has 0 bridgehead atoms. The summed E-state index contributed by atoms with van der Waals surface area (Å²) in [5.74, 6) is 0. The van der Waals surface area contributed by atoms with Gasteiger partial charge in [0, 0.05) is 25.9 Å². The third-order valence-electron chi connectivity index (χ3n) is 2.99. The molecule has 1 aliphatic rings. The zero-order valence-electron chi connectivity index (χ0n) is 9.38. The number of ether oxygens (including phenoxy) is 1. The minimum absolute atomic E-state index is 0.858. The van der Waals surface area contributed by atoms with Crippen molar-refractivity contribution < 1.29 is 4.74 Å². The molecule has 0 radical (unpaired) electrons. The second-order valence-corrected chi connectivity index (χ2v) is 4.07. The fraction of sp³-hybridized carbons (Fsp3) is 0.538. The first-order valence-electron chi connectivity index (χ1n) is 5.75. The molecule has 0 aliphatic carbocycles. The second-order valence-electron chi connectivity index (χ2n) is 4.07. The van der Waals surface area contributed by atoms with Crippen molar-refractivity contribution in [2.75, 3.05) is 25.6 Å². The summed E-state index contributed by atoms with van der Waals surface area (Å²) in [4.78, 5) is 0. The molecule has 0 aromatic heterocycles. The van der Waals surface area contributed by atoms with Gasteiger partial charge in [-0.25, -0.2) is 0 Å². The van der Waals surface area contributed by atoms with E-state index in [2.05, 4.69) is 23.5 Å². The Hall–Kier alpha value is -1.02. The van der Waals surface area contributed by atoms with Gasteiger partial charge >= 0.3 is 0 Å². The van der Waals surface area contributed by atoms with E-state index in [1.54, 1.807) is 7.11 Å². The predicted octanol–water partition coefficient (Wildman–Crippen LogP) is 2.62. The van der Waals surface area contributed by atoms with Crippen LogP contribution < -0.4 is 5.32 Å². The van der Waals surface area contributed by atoms with Crippen LogP contribution in [0.25, 0.3) is 0 Å². The Kier molecular flexibility index (Phi) is 3.62. The van der Waals surface area contributed by atoms with E-state index in [1.807, 2.05) is 0 Å². The van der Waals surface area contributed by atoms with E-state index in [4.69, 9.17) is 4.74 Å². The number of hydrogen-bond donors (Lipinski definition) is 1. The van der Waals surface area contributed by atoms with Gasteiger partial charge in [-0.1, -0.05) is 12.1 Å². The summed E-state index contributed by atoms with van der Waals surface area (Å²) in [6.07, 6.45) is 4.74. The third-order valence-corrected chi connectivity index (χ3v) is 2.99. The largest absolute Gasteiger partial charge is 0.385 e. The second kappa shape index (κ2) is 5.17. The molecular weight excluding hydrogens is 186 g/mol. The molecule has 1 N–H and O–H groups in total. The lowest BCUT2D eigenvalue weighted by atomic mass is 9.95. The van der Waals surface area contributed by atoms with Crippen LogP contribution in [0.1, 0.15) is 24.0 Å². The van der Waals surface area contributed by atoms with Crippen molar-refractivity contribution in [2.45, 2.75) is 25.7 Å². The average Bonchev–Trinajstić information content (AvgIpc) is 2.30. The molecule has 0 amide bonds. The Bertz CT molecular complexity index is 322. The maximum atomic E-state index is 5.09. The molecule has 2 nitrogen and oxygen atoms in total. The van der Waals surface area contributed by atoms with E-state index in [0.29, 0.717) is 0 Å². The zero-order chi connectivity index (χ0) is 10.5. The molecule has 1 aromatic carbocycles. The van der Waals surface area contributed by atoms with Gasteiger partial charge in [0.1, 0.15) is 0 Å². The normalized spacial score (nSPS) is 14.5. The van der Waals surface area contributed by atoms with Crippen LogP contribution in [0, 0.1) is 0 Å². The Labute approximate surface area is 91.6 Å². The predicted molar refractivity (Wildman–Crippen MR) is 63.4 cm³/mol. The van der Waals surface area contributed by atoms with Gasteiger partial charge in [-0.15, -0.1) is 0 Å². The maximum absolute atomic E-state index is 5.09. The Morgan fingerprint density at radius 3 is 3.20 bits per heavy atom. The summed E-state index contributed by atoms with van der Waals surface area (Å²) in [6.45, 7) is 1.98. The molecule has 0 atom stereocenters. The molecule has 2 heteroatoms.